The highest BCUT2D eigenvalue weighted by Crippen LogP contribution is 2.34. The van der Waals surface area contributed by atoms with Gasteiger partial charge in [0.1, 0.15) is 12.2 Å². The van der Waals surface area contributed by atoms with Gasteiger partial charge in [-0.25, -0.2) is 0 Å². The van der Waals surface area contributed by atoms with E-state index in [1.807, 2.05) is 0 Å². The van der Waals surface area contributed by atoms with Crippen molar-refractivity contribution in [3.05, 3.63) is 0 Å². The second-order valence-electron chi connectivity index (χ2n) is 5.55. The molecule has 0 radical (unpaired) electrons. The van der Waals surface area contributed by atoms with Gasteiger partial charge in [0.05, 0.1) is 0 Å². The van der Waals surface area contributed by atoms with Crippen molar-refractivity contribution in [2.45, 2.75) is 61.6 Å². The lowest BCUT2D eigenvalue weighted by Crippen LogP contribution is -2.57. The van der Waals surface area contributed by atoms with Crippen LogP contribution in [-0.2, 0) is 23.9 Å². The monoisotopic (exact) mass is 373 g/mol. The zero-order valence-electron chi connectivity index (χ0n) is 12.5. The number of rotatable bonds is 3. The number of hydrogen-bond acceptors (Lipinski definition) is 5. The average Bonchev–Trinajstić information content (AvgIpc) is 2.30. The second-order valence-corrected chi connectivity index (χ2v) is 7.83. The number of ether oxygens (including phenoxy) is 2. The molecule has 126 valence electrons. The second kappa shape index (κ2) is 7.23. The molecule has 1 aliphatic rings. The van der Waals surface area contributed by atoms with Crippen molar-refractivity contribution in [1.82, 2.24) is 5.32 Å². The van der Waals surface area contributed by atoms with Crippen molar-refractivity contribution in [3.8, 4) is 0 Å². The van der Waals surface area contributed by atoms with Crippen molar-refractivity contribution in [1.29, 1.82) is 0 Å². The summed E-state index contributed by atoms with van der Waals surface area (Å²) in [6.07, 6.45) is -0.0876. The molecule has 0 aromatic heterocycles. The highest BCUT2D eigenvalue weighted by Gasteiger charge is 2.44. The lowest BCUT2D eigenvalue weighted by molar-refractivity contribution is -0.172. The summed E-state index contributed by atoms with van der Waals surface area (Å²) in [7, 11) is 0. The zero-order chi connectivity index (χ0) is 17.1. The quantitative estimate of drug-likeness (QED) is 0.605. The third-order valence-electron chi connectivity index (χ3n) is 3.35. The summed E-state index contributed by atoms with van der Waals surface area (Å²) in [5, 5.41) is 2.65. The van der Waals surface area contributed by atoms with E-state index < -0.39 is 39.4 Å². The minimum Gasteiger partial charge on any atom is -0.459 e. The van der Waals surface area contributed by atoms with Crippen molar-refractivity contribution in [2.75, 3.05) is 0 Å². The van der Waals surface area contributed by atoms with Crippen LogP contribution in [0.3, 0.4) is 0 Å². The summed E-state index contributed by atoms with van der Waals surface area (Å²) in [6, 6.07) is 0. The van der Waals surface area contributed by atoms with Gasteiger partial charge in [0.25, 0.3) is 9.70 Å². The fraction of sp³-hybridized carbons (Fsp3) is 0.769. The molecule has 0 aromatic carbocycles. The summed E-state index contributed by atoms with van der Waals surface area (Å²) in [6.45, 7) is 4.29. The van der Waals surface area contributed by atoms with Crippen molar-refractivity contribution in [3.63, 3.8) is 0 Å². The highest BCUT2D eigenvalue weighted by molar-refractivity contribution is 6.76. The van der Waals surface area contributed by atoms with Crippen LogP contribution in [0.25, 0.3) is 0 Å². The molecule has 1 saturated carbocycles. The Morgan fingerprint density at radius 2 is 1.59 bits per heavy atom. The van der Waals surface area contributed by atoms with E-state index in [1.165, 1.54) is 13.8 Å². The summed E-state index contributed by atoms with van der Waals surface area (Å²) in [5.41, 5.74) is -0.738. The van der Waals surface area contributed by atoms with Gasteiger partial charge in [-0.15, -0.1) is 0 Å². The van der Waals surface area contributed by atoms with Gasteiger partial charge in [0, 0.05) is 25.8 Å². The molecule has 3 atom stereocenters. The third kappa shape index (κ3) is 5.82. The number of alkyl halides is 3. The Kier molecular flexibility index (Phi) is 6.36. The van der Waals surface area contributed by atoms with Crippen LogP contribution in [0.2, 0.25) is 0 Å². The number of carbonyl (C=O) groups excluding carboxylic acids is 3. The van der Waals surface area contributed by atoms with Crippen LogP contribution in [0.1, 0.15) is 40.0 Å². The van der Waals surface area contributed by atoms with E-state index in [2.05, 4.69) is 5.32 Å². The highest BCUT2D eigenvalue weighted by atomic mass is 35.6. The predicted octanol–water partition coefficient (Wildman–Crippen LogP) is 2.28. The Balaban J connectivity index is 2.83. The maximum atomic E-state index is 11.8. The Morgan fingerprint density at radius 3 is 2.05 bits per heavy atom. The largest absolute Gasteiger partial charge is 0.459 e. The van der Waals surface area contributed by atoms with E-state index in [1.54, 1.807) is 6.92 Å². The predicted molar refractivity (Wildman–Crippen MR) is 81.8 cm³/mol. The lowest BCUT2D eigenvalue weighted by Gasteiger charge is -2.42. The van der Waals surface area contributed by atoms with E-state index in [9.17, 15) is 14.4 Å². The number of amides is 1. The minimum atomic E-state index is -2.08. The van der Waals surface area contributed by atoms with Crippen molar-refractivity contribution >= 4 is 52.6 Å². The number of halogens is 3. The van der Waals surface area contributed by atoms with Crippen LogP contribution in [0, 0.1) is 0 Å². The van der Waals surface area contributed by atoms with Crippen LogP contribution in [0.4, 0.5) is 0 Å². The van der Waals surface area contributed by atoms with Gasteiger partial charge < -0.3 is 14.8 Å². The molecule has 0 aliphatic heterocycles. The number of nitrogens with one attached hydrogen (secondary N) is 1. The number of hydrogen-bond donors (Lipinski definition) is 1. The standard InChI is InChI=1S/C13H18Cl3NO5/c1-7(18)21-9-4-5-12(3,6-10(9)22-8(2)19)17-11(20)13(14,15)16/h9-10H,4-6H2,1-3H3,(H,17,20)/t9-,10+,12-/m1/s1. The molecule has 0 spiro atoms. The molecular weight excluding hydrogens is 357 g/mol. The van der Waals surface area contributed by atoms with E-state index in [4.69, 9.17) is 44.3 Å². The van der Waals surface area contributed by atoms with Crippen molar-refractivity contribution < 1.29 is 23.9 Å². The molecule has 1 amide bonds. The van der Waals surface area contributed by atoms with Crippen molar-refractivity contribution in [2.24, 2.45) is 0 Å². The maximum Gasteiger partial charge on any atom is 0.303 e. The van der Waals surface area contributed by atoms with E-state index >= 15 is 0 Å². The topological polar surface area (TPSA) is 81.7 Å². The van der Waals surface area contributed by atoms with Crippen LogP contribution >= 0.6 is 34.8 Å². The summed E-state index contributed by atoms with van der Waals surface area (Å²) >= 11 is 16.6. The Bertz CT molecular complexity index is 465. The molecule has 1 fully saturated rings. The maximum absolute atomic E-state index is 11.8. The fourth-order valence-corrected chi connectivity index (χ4v) is 2.60. The normalized spacial score (nSPS) is 28.6. The molecule has 6 nitrogen and oxygen atoms in total. The van der Waals surface area contributed by atoms with Gasteiger partial charge in [-0.05, 0) is 19.8 Å². The van der Waals surface area contributed by atoms with Gasteiger partial charge >= 0.3 is 11.9 Å². The van der Waals surface area contributed by atoms with E-state index in [0.29, 0.717) is 12.8 Å². The molecule has 0 unspecified atom stereocenters. The molecule has 22 heavy (non-hydrogen) atoms. The number of carbonyl (C=O) groups is 3. The van der Waals surface area contributed by atoms with Gasteiger partial charge in [-0.2, -0.15) is 0 Å². The van der Waals surface area contributed by atoms with Gasteiger partial charge in [-0.3, -0.25) is 14.4 Å². The molecular formula is C13H18Cl3NO5. The lowest BCUT2D eigenvalue weighted by atomic mass is 9.79. The first-order valence-corrected chi connectivity index (χ1v) is 7.80. The van der Waals surface area contributed by atoms with E-state index in [0.717, 1.165) is 0 Å². The fourth-order valence-electron chi connectivity index (χ4n) is 2.46. The summed E-state index contributed by atoms with van der Waals surface area (Å²) < 4.78 is 8.29. The molecule has 0 heterocycles. The molecule has 1 rings (SSSR count). The summed E-state index contributed by atoms with van der Waals surface area (Å²) in [4.78, 5) is 34.2. The van der Waals surface area contributed by atoms with Gasteiger partial charge in [0.15, 0.2) is 0 Å². The molecule has 0 saturated heterocycles. The van der Waals surface area contributed by atoms with Gasteiger partial charge in [0.2, 0.25) is 0 Å². The Labute approximate surface area is 143 Å². The molecule has 9 heteroatoms. The Morgan fingerprint density at radius 1 is 1.09 bits per heavy atom. The minimum absolute atomic E-state index is 0.247. The van der Waals surface area contributed by atoms with Crippen LogP contribution < -0.4 is 5.32 Å². The number of esters is 2. The third-order valence-corrected chi connectivity index (χ3v) is 3.87. The van der Waals surface area contributed by atoms with E-state index in [-0.39, 0.29) is 6.42 Å². The molecule has 1 aliphatic carbocycles. The Hall–Kier alpha value is -0.720. The summed E-state index contributed by atoms with van der Waals surface area (Å²) in [5.74, 6) is -1.72. The van der Waals surface area contributed by atoms with Crippen LogP contribution in [-0.4, -0.2) is 39.4 Å². The first-order chi connectivity index (χ1) is 9.93. The smallest absolute Gasteiger partial charge is 0.303 e. The molecule has 1 N–H and O–H groups in total. The SMILES string of the molecule is CC(=O)O[C@H]1C[C@](C)(NC(=O)C(Cl)(Cl)Cl)CC[C@H]1OC(C)=O. The first kappa shape index (κ1) is 19.3. The molecule has 0 aromatic rings. The van der Waals surface area contributed by atoms with Gasteiger partial charge in [-0.1, -0.05) is 34.8 Å². The average molecular weight is 375 g/mol. The van der Waals surface area contributed by atoms with Crippen LogP contribution in [0.15, 0.2) is 0 Å². The first-order valence-electron chi connectivity index (χ1n) is 6.67. The zero-order valence-corrected chi connectivity index (χ0v) is 14.7. The van der Waals surface area contributed by atoms with Crippen LogP contribution in [0.5, 0.6) is 0 Å². The molecule has 0 bridgehead atoms.